The van der Waals surface area contributed by atoms with Crippen LogP contribution in [0.2, 0.25) is 0 Å². The minimum atomic E-state index is -0.588. The number of benzene rings is 1. The number of para-hydroxylation sites is 1. The highest BCUT2D eigenvalue weighted by atomic mass is 32.2. The van der Waals surface area contributed by atoms with E-state index < -0.39 is 12.0 Å². The van der Waals surface area contributed by atoms with E-state index in [4.69, 9.17) is 4.74 Å². The van der Waals surface area contributed by atoms with Gasteiger partial charge in [-0.05, 0) is 30.1 Å². The molecule has 1 aromatic carbocycles. The third kappa shape index (κ3) is 4.04. The van der Waals surface area contributed by atoms with Gasteiger partial charge in [-0.3, -0.25) is 4.79 Å². The van der Waals surface area contributed by atoms with Crippen molar-refractivity contribution in [3.8, 4) is 0 Å². The SMILES string of the molecule is COC(=O)[C@H](CCSC)NC(=O)Cc1c[nH]c2ccccc12. The third-order valence-electron chi connectivity index (χ3n) is 3.46. The van der Waals surface area contributed by atoms with Crippen molar-refractivity contribution in [2.24, 2.45) is 0 Å². The van der Waals surface area contributed by atoms with Crippen LogP contribution in [0, 0.1) is 0 Å². The Kier molecular flexibility index (Phi) is 5.89. The molecule has 0 spiro atoms. The lowest BCUT2D eigenvalue weighted by Gasteiger charge is -2.15. The number of carbonyl (C=O) groups excluding carboxylic acids is 2. The van der Waals surface area contributed by atoms with Gasteiger partial charge < -0.3 is 15.0 Å². The maximum absolute atomic E-state index is 12.2. The van der Waals surface area contributed by atoms with Crippen LogP contribution in [0.15, 0.2) is 30.5 Å². The molecule has 1 heterocycles. The highest BCUT2D eigenvalue weighted by Crippen LogP contribution is 2.18. The molecule has 0 bridgehead atoms. The summed E-state index contributed by atoms with van der Waals surface area (Å²) < 4.78 is 4.75. The zero-order valence-corrected chi connectivity index (χ0v) is 13.5. The van der Waals surface area contributed by atoms with E-state index in [0.717, 1.165) is 22.2 Å². The van der Waals surface area contributed by atoms with Crippen LogP contribution in [0.4, 0.5) is 0 Å². The summed E-state index contributed by atoms with van der Waals surface area (Å²) in [6.07, 6.45) is 4.59. The van der Waals surface area contributed by atoms with Crippen LogP contribution in [0.25, 0.3) is 10.9 Å². The number of hydrogen-bond donors (Lipinski definition) is 2. The maximum atomic E-state index is 12.2. The molecule has 0 saturated carbocycles. The molecule has 1 amide bonds. The summed E-state index contributed by atoms with van der Waals surface area (Å²) in [5.41, 5.74) is 1.92. The third-order valence-corrected chi connectivity index (χ3v) is 4.10. The number of aromatic nitrogens is 1. The van der Waals surface area contributed by atoms with Gasteiger partial charge >= 0.3 is 5.97 Å². The van der Waals surface area contributed by atoms with Crippen LogP contribution in [-0.2, 0) is 20.7 Å². The van der Waals surface area contributed by atoms with Gasteiger partial charge in [-0.2, -0.15) is 11.8 Å². The first-order valence-corrected chi connectivity index (χ1v) is 8.46. The number of thioether (sulfide) groups is 1. The fourth-order valence-electron chi connectivity index (χ4n) is 2.32. The van der Waals surface area contributed by atoms with Gasteiger partial charge in [0.05, 0.1) is 13.5 Å². The molecule has 0 saturated heterocycles. The molecule has 1 atom stereocenters. The smallest absolute Gasteiger partial charge is 0.328 e. The number of ether oxygens (including phenoxy) is 1. The lowest BCUT2D eigenvalue weighted by Crippen LogP contribution is -2.42. The van der Waals surface area contributed by atoms with Gasteiger partial charge in [0, 0.05) is 17.1 Å². The van der Waals surface area contributed by atoms with Crippen LogP contribution in [-0.4, -0.2) is 42.0 Å². The van der Waals surface area contributed by atoms with Crippen LogP contribution in [0.5, 0.6) is 0 Å². The first-order chi connectivity index (χ1) is 10.7. The maximum Gasteiger partial charge on any atom is 0.328 e. The molecular weight excluding hydrogens is 300 g/mol. The number of esters is 1. The van der Waals surface area contributed by atoms with Gasteiger partial charge in [0.25, 0.3) is 0 Å². The Morgan fingerprint density at radius 1 is 1.36 bits per heavy atom. The summed E-state index contributed by atoms with van der Waals surface area (Å²) in [7, 11) is 1.33. The first-order valence-electron chi connectivity index (χ1n) is 7.06. The highest BCUT2D eigenvalue weighted by Gasteiger charge is 2.21. The fraction of sp³-hybridized carbons (Fsp3) is 0.375. The van der Waals surface area contributed by atoms with E-state index in [1.54, 1.807) is 11.8 Å². The topological polar surface area (TPSA) is 71.2 Å². The van der Waals surface area contributed by atoms with E-state index in [1.807, 2.05) is 36.7 Å². The molecule has 2 rings (SSSR count). The molecule has 1 aromatic heterocycles. The van der Waals surface area contributed by atoms with E-state index in [9.17, 15) is 9.59 Å². The lowest BCUT2D eigenvalue weighted by molar-refractivity contribution is -0.145. The molecule has 118 valence electrons. The van der Waals surface area contributed by atoms with E-state index in [0.29, 0.717) is 6.42 Å². The number of nitrogens with one attached hydrogen (secondary N) is 2. The Balaban J connectivity index is 2.02. The number of aromatic amines is 1. The number of rotatable bonds is 7. The van der Waals surface area contributed by atoms with Crippen LogP contribution < -0.4 is 5.32 Å². The van der Waals surface area contributed by atoms with Gasteiger partial charge in [0.1, 0.15) is 6.04 Å². The summed E-state index contributed by atoms with van der Waals surface area (Å²) in [5.74, 6) is 0.204. The van der Waals surface area contributed by atoms with Gasteiger partial charge in [-0.25, -0.2) is 4.79 Å². The van der Waals surface area contributed by atoms with E-state index >= 15 is 0 Å². The van der Waals surface area contributed by atoms with Crippen molar-refractivity contribution in [3.63, 3.8) is 0 Å². The predicted octanol–water partition coefficient (Wildman–Crippen LogP) is 2.12. The molecule has 2 N–H and O–H groups in total. The molecule has 0 aliphatic heterocycles. The van der Waals surface area contributed by atoms with Crippen LogP contribution in [0.1, 0.15) is 12.0 Å². The molecular formula is C16H20N2O3S. The Bertz CT molecular complexity index is 654. The Hall–Kier alpha value is -1.95. The second-order valence-electron chi connectivity index (χ2n) is 4.96. The standard InChI is InChI=1S/C16H20N2O3S/c1-21-16(20)14(7-8-22-2)18-15(19)9-11-10-17-13-6-4-3-5-12(11)13/h3-6,10,14,17H,7-9H2,1-2H3,(H,18,19)/t14-/m0/s1. The monoisotopic (exact) mass is 320 g/mol. The normalized spacial score (nSPS) is 12.1. The zero-order chi connectivity index (χ0) is 15.9. The average Bonchev–Trinajstić information content (AvgIpc) is 2.93. The molecule has 2 aromatic rings. The van der Waals surface area contributed by atoms with E-state index in [-0.39, 0.29) is 12.3 Å². The molecule has 0 fully saturated rings. The summed E-state index contributed by atoms with van der Waals surface area (Å²) >= 11 is 1.63. The molecule has 22 heavy (non-hydrogen) atoms. The minimum absolute atomic E-state index is 0.179. The average molecular weight is 320 g/mol. The Morgan fingerprint density at radius 3 is 2.86 bits per heavy atom. The van der Waals surface area contributed by atoms with Crippen molar-refractivity contribution in [2.45, 2.75) is 18.9 Å². The summed E-state index contributed by atoms with van der Waals surface area (Å²) in [5, 5.41) is 3.79. The summed E-state index contributed by atoms with van der Waals surface area (Å²) in [6, 6.07) is 7.23. The Morgan fingerprint density at radius 2 is 2.14 bits per heavy atom. The molecule has 0 aliphatic carbocycles. The van der Waals surface area contributed by atoms with E-state index in [2.05, 4.69) is 10.3 Å². The molecule has 0 aliphatic rings. The largest absolute Gasteiger partial charge is 0.467 e. The van der Waals surface area contributed by atoms with Gasteiger partial charge in [-0.1, -0.05) is 18.2 Å². The predicted molar refractivity (Wildman–Crippen MR) is 88.9 cm³/mol. The van der Waals surface area contributed by atoms with Crippen LogP contribution in [0.3, 0.4) is 0 Å². The lowest BCUT2D eigenvalue weighted by atomic mass is 10.1. The fourth-order valence-corrected chi connectivity index (χ4v) is 2.79. The second-order valence-corrected chi connectivity index (χ2v) is 5.95. The van der Waals surface area contributed by atoms with E-state index in [1.165, 1.54) is 7.11 Å². The van der Waals surface area contributed by atoms with Crippen molar-refractivity contribution in [3.05, 3.63) is 36.0 Å². The van der Waals surface area contributed by atoms with Crippen molar-refractivity contribution in [1.29, 1.82) is 0 Å². The van der Waals surface area contributed by atoms with Gasteiger partial charge in [-0.15, -0.1) is 0 Å². The Labute approximate surface area is 133 Å². The first kappa shape index (κ1) is 16.4. The number of H-pyrrole nitrogens is 1. The number of methoxy groups -OCH3 is 1. The number of hydrogen-bond acceptors (Lipinski definition) is 4. The quantitative estimate of drug-likeness (QED) is 0.767. The van der Waals surface area contributed by atoms with Crippen molar-refractivity contribution < 1.29 is 14.3 Å². The zero-order valence-electron chi connectivity index (χ0n) is 12.7. The highest BCUT2D eigenvalue weighted by molar-refractivity contribution is 7.98. The van der Waals surface area contributed by atoms with Crippen LogP contribution >= 0.6 is 11.8 Å². The molecule has 0 unspecified atom stereocenters. The summed E-state index contributed by atoms with van der Waals surface area (Å²) in [4.78, 5) is 27.1. The van der Waals surface area contributed by atoms with Crippen molar-refractivity contribution >= 4 is 34.5 Å². The molecule has 5 nitrogen and oxygen atoms in total. The minimum Gasteiger partial charge on any atom is -0.467 e. The summed E-state index contributed by atoms with van der Waals surface area (Å²) in [6.45, 7) is 0. The second kappa shape index (κ2) is 7.89. The molecule has 0 radical (unpaired) electrons. The molecule has 6 heteroatoms. The number of fused-ring (bicyclic) bond motifs is 1. The number of amides is 1. The van der Waals surface area contributed by atoms with Gasteiger partial charge in [0.15, 0.2) is 0 Å². The van der Waals surface area contributed by atoms with Gasteiger partial charge in [0.2, 0.25) is 5.91 Å². The number of carbonyl (C=O) groups is 2. The van der Waals surface area contributed by atoms with Crippen molar-refractivity contribution in [2.75, 3.05) is 19.1 Å². The van der Waals surface area contributed by atoms with Crippen molar-refractivity contribution in [1.82, 2.24) is 10.3 Å².